The van der Waals surface area contributed by atoms with Crippen LogP contribution in [-0.4, -0.2) is 94.9 Å². The lowest BCUT2D eigenvalue weighted by Gasteiger charge is -2.35. The first-order valence-corrected chi connectivity index (χ1v) is 12.9. The lowest BCUT2D eigenvalue weighted by Crippen LogP contribution is -2.47. The number of aryl methyl sites for hydroxylation is 1. The SMILES string of the molecule is C[C@H](CO)N1C[C@H](C)[C@@H](CN(C)Cc2ccc3c(c2)OCCN3C)OCc2cn(nn2)CCCC1=O. The summed E-state index contributed by atoms with van der Waals surface area (Å²) in [7, 11) is 4.17. The van der Waals surface area contributed by atoms with E-state index in [4.69, 9.17) is 9.47 Å². The van der Waals surface area contributed by atoms with E-state index in [0.29, 0.717) is 45.7 Å². The molecule has 2 bridgehead atoms. The van der Waals surface area contributed by atoms with Crippen molar-refractivity contribution in [2.45, 2.75) is 58.5 Å². The molecule has 4 rings (SSSR count). The van der Waals surface area contributed by atoms with Gasteiger partial charge in [0.1, 0.15) is 18.1 Å². The van der Waals surface area contributed by atoms with Crippen LogP contribution in [0, 0.1) is 5.92 Å². The molecule has 0 saturated carbocycles. The largest absolute Gasteiger partial charge is 0.490 e. The first-order chi connectivity index (χ1) is 17.3. The molecule has 0 fully saturated rings. The highest BCUT2D eigenvalue weighted by Gasteiger charge is 2.28. The van der Waals surface area contributed by atoms with Gasteiger partial charge in [0.2, 0.25) is 5.91 Å². The van der Waals surface area contributed by atoms with Crippen molar-refractivity contribution in [3.8, 4) is 5.75 Å². The van der Waals surface area contributed by atoms with Gasteiger partial charge in [0, 0.05) is 45.6 Å². The number of carbonyl (C=O) groups excluding carboxylic acids is 1. The predicted molar refractivity (Wildman–Crippen MR) is 137 cm³/mol. The van der Waals surface area contributed by atoms with Crippen LogP contribution in [0.25, 0.3) is 0 Å². The zero-order valence-corrected chi connectivity index (χ0v) is 22.0. The monoisotopic (exact) mass is 500 g/mol. The summed E-state index contributed by atoms with van der Waals surface area (Å²) < 4.78 is 14.0. The number of ether oxygens (including phenoxy) is 2. The molecular weight excluding hydrogens is 460 g/mol. The molecule has 2 aliphatic heterocycles. The van der Waals surface area contributed by atoms with Crippen LogP contribution in [0.5, 0.6) is 5.75 Å². The van der Waals surface area contributed by atoms with Crippen molar-refractivity contribution in [1.29, 1.82) is 0 Å². The number of likely N-dealkylation sites (N-methyl/N-ethyl adjacent to an activating group) is 2. The van der Waals surface area contributed by atoms with E-state index in [9.17, 15) is 9.90 Å². The standard InChI is InChI=1S/C26H40N6O4/c1-19-13-32(20(2)17-33)26(34)6-5-9-31-15-22(27-28-31)18-36-25(19)16-29(3)14-21-7-8-23-24(12-21)35-11-10-30(23)4/h7-8,12,15,19-20,25,33H,5-6,9-11,13-14,16-18H2,1-4H3/t19-,20+,25+/m0/s1. The molecule has 198 valence electrons. The summed E-state index contributed by atoms with van der Waals surface area (Å²) >= 11 is 0. The first-order valence-electron chi connectivity index (χ1n) is 12.9. The maximum Gasteiger partial charge on any atom is 0.222 e. The van der Waals surface area contributed by atoms with E-state index in [1.807, 2.05) is 18.0 Å². The number of aromatic nitrogens is 3. The molecular formula is C26H40N6O4. The molecule has 1 aromatic heterocycles. The number of nitrogens with zero attached hydrogens (tertiary/aromatic N) is 6. The van der Waals surface area contributed by atoms with Gasteiger partial charge in [-0.05, 0) is 38.1 Å². The van der Waals surface area contributed by atoms with Gasteiger partial charge in [0.25, 0.3) is 0 Å². The Bertz CT molecular complexity index is 1010. The first kappa shape index (κ1) is 26.4. The number of amides is 1. The molecule has 0 radical (unpaired) electrons. The minimum atomic E-state index is -0.241. The van der Waals surface area contributed by atoms with Crippen LogP contribution in [0.2, 0.25) is 0 Å². The number of anilines is 1. The van der Waals surface area contributed by atoms with Gasteiger partial charge in [0.05, 0.1) is 43.8 Å². The predicted octanol–water partition coefficient (Wildman–Crippen LogP) is 1.76. The minimum absolute atomic E-state index is 0.0501. The molecule has 1 aromatic carbocycles. The Morgan fingerprint density at radius 1 is 1.31 bits per heavy atom. The average Bonchev–Trinajstić information content (AvgIpc) is 3.31. The van der Waals surface area contributed by atoms with E-state index >= 15 is 0 Å². The van der Waals surface area contributed by atoms with E-state index in [1.165, 1.54) is 5.56 Å². The molecule has 2 aromatic rings. The molecule has 1 N–H and O–H groups in total. The van der Waals surface area contributed by atoms with Crippen LogP contribution in [0.3, 0.4) is 0 Å². The smallest absolute Gasteiger partial charge is 0.222 e. The van der Waals surface area contributed by atoms with Gasteiger partial charge < -0.3 is 24.4 Å². The van der Waals surface area contributed by atoms with Gasteiger partial charge in [-0.2, -0.15) is 0 Å². The molecule has 1 amide bonds. The third kappa shape index (κ3) is 6.54. The van der Waals surface area contributed by atoms with Crippen molar-refractivity contribution in [2.24, 2.45) is 5.92 Å². The van der Waals surface area contributed by atoms with Gasteiger partial charge in [-0.25, -0.2) is 0 Å². The second-order valence-electron chi connectivity index (χ2n) is 10.2. The Hall–Kier alpha value is -2.69. The van der Waals surface area contributed by atoms with Crippen molar-refractivity contribution in [3.05, 3.63) is 35.7 Å². The molecule has 0 saturated heterocycles. The van der Waals surface area contributed by atoms with Crippen LogP contribution in [0.4, 0.5) is 5.69 Å². The fourth-order valence-corrected chi connectivity index (χ4v) is 4.88. The molecule has 10 nitrogen and oxygen atoms in total. The third-order valence-electron chi connectivity index (χ3n) is 7.11. The van der Waals surface area contributed by atoms with Crippen LogP contribution < -0.4 is 9.64 Å². The normalized spacial score (nSPS) is 22.3. The molecule has 3 heterocycles. The van der Waals surface area contributed by atoms with Gasteiger partial charge in [-0.3, -0.25) is 14.4 Å². The van der Waals surface area contributed by atoms with E-state index in [2.05, 4.69) is 59.3 Å². The Morgan fingerprint density at radius 3 is 2.94 bits per heavy atom. The Morgan fingerprint density at radius 2 is 2.14 bits per heavy atom. The summed E-state index contributed by atoms with van der Waals surface area (Å²) in [5.41, 5.74) is 3.09. The summed E-state index contributed by atoms with van der Waals surface area (Å²) in [6.07, 6.45) is 2.85. The number of aliphatic hydroxyl groups excluding tert-OH is 1. The lowest BCUT2D eigenvalue weighted by atomic mass is 10.0. The van der Waals surface area contributed by atoms with Crippen LogP contribution >= 0.6 is 0 Å². The molecule has 0 unspecified atom stereocenters. The second kappa shape index (κ2) is 12.0. The molecule has 0 spiro atoms. The molecule has 2 aliphatic rings. The van der Waals surface area contributed by atoms with E-state index in [-0.39, 0.29) is 30.6 Å². The Balaban J connectivity index is 1.48. The molecule has 3 atom stereocenters. The number of rotatable bonds is 6. The van der Waals surface area contributed by atoms with Gasteiger partial charge in [-0.1, -0.05) is 18.2 Å². The highest BCUT2D eigenvalue weighted by atomic mass is 16.5. The summed E-state index contributed by atoms with van der Waals surface area (Å²) in [6.45, 7) is 8.49. The summed E-state index contributed by atoms with van der Waals surface area (Å²) in [5.74, 6) is 1.03. The van der Waals surface area contributed by atoms with Crippen molar-refractivity contribution in [1.82, 2.24) is 24.8 Å². The third-order valence-corrected chi connectivity index (χ3v) is 7.11. The zero-order valence-electron chi connectivity index (χ0n) is 22.0. The van der Waals surface area contributed by atoms with Gasteiger partial charge >= 0.3 is 0 Å². The fourth-order valence-electron chi connectivity index (χ4n) is 4.88. The van der Waals surface area contributed by atoms with Gasteiger partial charge in [-0.15, -0.1) is 5.10 Å². The number of hydrogen-bond donors (Lipinski definition) is 1. The number of hydrogen-bond acceptors (Lipinski definition) is 8. The topological polar surface area (TPSA) is 96.2 Å². The van der Waals surface area contributed by atoms with Crippen molar-refractivity contribution < 1.29 is 19.4 Å². The highest BCUT2D eigenvalue weighted by molar-refractivity contribution is 5.76. The number of aliphatic hydroxyl groups is 1. The zero-order chi connectivity index (χ0) is 25.7. The average molecular weight is 501 g/mol. The Labute approximate surface area is 213 Å². The quantitative estimate of drug-likeness (QED) is 0.641. The number of fused-ring (bicyclic) bond motifs is 3. The van der Waals surface area contributed by atoms with Crippen molar-refractivity contribution in [2.75, 3.05) is 51.8 Å². The molecule has 36 heavy (non-hydrogen) atoms. The fraction of sp³-hybridized carbons (Fsp3) is 0.654. The van der Waals surface area contributed by atoms with Crippen molar-refractivity contribution in [3.63, 3.8) is 0 Å². The number of benzene rings is 1. The maximum atomic E-state index is 13.0. The molecule has 10 heteroatoms. The van der Waals surface area contributed by atoms with Crippen molar-refractivity contribution >= 4 is 11.6 Å². The van der Waals surface area contributed by atoms with E-state index < -0.39 is 0 Å². The minimum Gasteiger partial charge on any atom is -0.490 e. The summed E-state index contributed by atoms with van der Waals surface area (Å²) in [5, 5.41) is 18.2. The number of carbonyl (C=O) groups is 1. The summed E-state index contributed by atoms with van der Waals surface area (Å²) in [6, 6.07) is 6.16. The van der Waals surface area contributed by atoms with Crippen LogP contribution in [-0.2, 0) is 29.2 Å². The van der Waals surface area contributed by atoms with Crippen LogP contribution in [0.1, 0.15) is 37.9 Å². The van der Waals surface area contributed by atoms with E-state index in [1.54, 1.807) is 4.68 Å². The molecule has 0 aliphatic carbocycles. The van der Waals surface area contributed by atoms with Crippen LogP contribution in [0.15, 0.2) is 24.4 Å². The lowest BCUT2D eigenvalue weighted by molar-refractivity contribution is -0.136. The van der Waals surface area contributed by atoms with Gasteiger partial charge in [0.15, 0.2) is 0 Å². The second-order valence-corrected chi connectivity index (χ2v) is 10.2. The Kier molecular flexibility index (Phi) is 8.81. The summed E-state index contributed by atoms with van der Waals surface area (Å²) in [4.78, 5) is 19.3. The maximum absolute atomic E-state index is 13.0. The van der Waals surface area contributed by atoms with E-state index in [0.717, 1.165) is 30.2 Å². The highest BCUT2D eigenvalue weighted by Crippen LogP contribution is 2.31.